The van der Waals surface area contributed by atoms with Crippen LogP contribution in [-0.2, 0) is 5.41 Å². The Morgan fingerprint density at radius 1 is 0.383 bits per heavy atom. The lowest BCUT2D eigenvalue weighted by Crippen LogP contribution is -2.14. The first kappa shape index (κ1) is 34.4. The molecule has 2 aromatic heterocycles. The van der Waals surface area contributed by atoms with E-state index in [9.17, 15) is 0 Å². The molecule has 282 valence electrons. The number of fused-ring (bicyclic) bond motifs is 8. The molecule has 9 aromatic carbocycles. The first-order valence-corrected chi connectivity index (χ1v) is 20.6. The Kier molecular flexibility index (Phi) is 7.54. The second-order valence-electron chi connectivity index (χ2n) is 16.4. The molecule has 0 N–H and O–H groups in total. The van der Waals surface area contributed by atoms with Gasteiger partial charge in [-0.1, -0.05) is 190 Å². The number of benzene rings is 9. The maximum atomic E-state index is 5.43. The third-order valence-electron chi connectivity index (χ3n) is 12.6. The molecule has 1 aliphatic rings. The molecule has 0 saturated carbocycles. The molecule has 1 aliphatic carbocycles. The van der Waals surface area contributed by atoms with Crippen molar-refractivity contribution < 1.29 is 0 Å². The number of hydrogen-bond acceptors (Lipinski definition) is 3. The standard InChI is InChI=1S/C56H38N4/c1-56(2)48-24-11-10-20-46(48)51-43(21-13-25-49(51)56)44-22-12-23-45-47-33-40-18-8-9-19-41(40)34-50(47)60(52(44)45)55-58-53(38-29-26-37(27-30-38)35-14-4-3-5-15-35)57-54(59-55)42-31-28-36-16-6-7-17-39(36)32-42/h3-34H,1-2H3. The molecule has 0 spiro atoms. The Morgan fingerprint density at radius 2 is 0.950 bits per heavy atom. The van der Waals surface area contributed by atoms with Crippen LogP contribution in [-0.4, -0.2) is 19.5 Å². The molecule has 0 unspecified atom stereocenters. The van der Waals surface area contributed by atoms with E-state index in [2.05, 4.69) is 206 Å². The molecule has 4 heteroatoms. The second kappa shape index (κ2) is 13.2. The molecule has 0 amide bonds. The van der Waals surface area contributed by atoms with E-state index >= 15 is 0 Å². The smallest absolute Gasteiger partial charge is 0.238 e. The first-order chi connectivity index (χ1) is 29.5. The topological polar surface area (TPSA) is 43.6 Å². The lowest BCUT2D eigenvalue weighted by Gasteiger charge is -2.21. The van der Waals surface area contributed by atoms with Gasteiger partial charge in [-0.15, -0.1) is 0 Å². The Hall–Kier alpha value is -7.69. The quantitative estimate of drug-likeness (QED) is 0.175. The van der Waals surface area contributed by atoms with Crippen molar-refractivity contribution in [1.82, 2.24) is 19.5 Å². The zero-order chi connectivity index (χ0) is 40.0. The summed E-state index contributed by atoms with van der Waals surface area (Å²) in [6, 6.07) is 69.6. The van der Waals surface area contributed by atoms with Gasteiger partial charge in [0.1, 0.15) is 0 Å². The van der Waals surface area contributed by atoms with Crippen LogP contribution in [0.4, 0.5) is 0 Å². The monoisotopic (exact) mass is 766 g/mol. The highest BCUT2D eigenvalue weighted by Crippen LogP contribution is 2.53. The highest BCUT2D eigenvalue weighted by Gasteiger charge is 2.37. The van der Waals surface area contributed by atoms with Gasteiger partial charge in [-0.05, 0) is 78.7 Å². The van der Waals surface area contributed by atoms with Gasteiger partial charge in [-0.25, -0.2) is 4.98 Å². The summed E-state index contributed by atoms with van der Waals surface area (Å²) >= 11 is 0. The van der Waals surface area contributed by atoms with Crippen molar-refractivity contribution in [3.05, 3.63) is 205 Å². The fraction of sp³-hybridized carbons (Fsp3) is 0.0536. The SMILES string of the molecule is CC1(C)c2ccccc2-c2c(-c3cccc4c5cc6ccccc6cc5n(-c5nc(-c6ccc(-c7ccccc7)cc6)nc(-c6ccc7ccccc7c6)n5)c34)cccc21. The fourth-order valence-electron chi connectivity index (χ4n) is 9.65. The van der Waals surface area contributed by atoms with Gasteiger partial charge in [0.15, 0.2) is 11.6 Å². The predicted octanol–water partition coefficient (Wildman–Crippen LogP) is 14.2. The van der Waals surface area contributed by atoms with E-state index in [-0.39, 0.29) is 5.41 Å². The van der Waals surface area contributed by atoms with E-state index in [0.717, 1.165) is 54.8 Å². The van der Waals surface area contributed by atoms with Crippen molar-refractivity contribution in [2.24, 2.45) is 0 Å². The average molecular weight is 767 g/mol. The lowest BCUT2D eigenvalue weighted by molar-refractivity contribution is 0.660. The molecular formula is C56H38N4. The van der Waals surface area contributed by atoms with Crippen LogP contribution in [0.25, 0.3) is 105 Å². The third-order valence-corrected chi connectivity index (χ3v) is 12.6. The van der Waals surface area contributed by atoms with E-state index in [1.54, 1.807) is 0 Å². The van der Waals surface area contributed by atoms with E-state index in [4.69, 9.17) is 15.0 Å². The summed E-state index contributed by atoms with van der Waals surface area (Å²) in [5.74, 6) is 1.82. The minimum Gasteiger partial charge on any atom is -0.277 e. The molecule has 60 heavy (non-hydrogen) atoms. The van der Waals surface area contributed by atoms with Crippen LogP contribution in [0.2, 0.25) is 0 Å². The molecule has 0 atom stereocenters. The predicted molar refractivity (Wildman–Crippen MR) is 248 cm³/mol. The van der Waals surface area contributed by atoms with Gasteiger partial charge in [-0.2, -0.15) is 9.97 Å². The van der Waals surface area contributed by atoms with Crippen LogP contribution in [0.1, 0.15) is 25.0 Å². The maximum absolute atomic E-state index is 5.43. The summed E-state index contributed by atoms with van der Waals surface area (Å²) in [6.07, 6.45) is 0. The third kappa shape index (κ3) is 5.27. The van der Waals surface area contributed by atoms with Gasteiger partial charge in [0, 0.05) is 32.9 Å². The molecule has 0 bridgehead atoms. The largest absolute Gasteiger partial charge is 0.277 e. The van der Waals surface area contributed by atoms with E-state index < -0.39 is 0 Å². The van der Waals surface area contributed by atoms with Crippen LogP contribution < -0.4 is 0 Å². The van der Waals surface area contributed by atoms with Crippen LogP contribution >= 0.6 is 0 Å². The van der Waals surface area contributed by atoms with Crippen molar-refractivity contribution >= 4 is 43.4 Å². The summed E-state index contributed by atoms with van der Waals surface area (Å²) in [5.41, 5.74) is 13.8. The van der Waals surface area contributed by atoms with Crippen molar-refractivity contribution in [1.29, 1.82) is 0 Å². The van der Waals surface area contributed by atoms with E-state index in [1.165, 1.54) is 44.2 Å². The highest BCUT2D eigenvalue weighted by atomic mass is 15.2. The normalized spacial score (nSPS) is 13.0. The van der Waals surface area contributed by atoms with Crippen molar-refractivity contribution in [2.75, 3.05) is 0 Å². The van der Waals surface area contributed by atoms with Crippen LogP contribution in [0.3, 0.4) is 0 Å². The Labute approximate surface area is 348 Å². The zero-order valence-electron chi connectivity index (χ0n) is 33.3. The van der Waals surface area contributed by atoms with Crippen molar-refractivity contribution in [2.45, 2.75) is 19.3 Å². The minimum absolute atomic E-state index is 0.131. The molecule has 0 aliphatic heterocycles. The Balaban J connectivity index is 1.17. The number of hydrogen-bond donors (Lipinski definition) is 0. The molecule has 4 nitrogen and oxygen atoms in total. The molecule has 0 fully saturated rings. The van der Waals surface area contributed by atoms with Crippen molar-refractivity contribution in [3.8, 4) is 62.1 Å². The average Bonchev–Trinajstić information content (AvgIpc) is 3.76. The molecule has 2 heterocycles. The first-order valence-electron chi connectivity index (χ1n) is 20.6. The molecule has 11 aromatic rings. The fourth-order valence-corrected chi connectivity index (χ4v) is 9.65. The van der Waals surface area contributed by atoms with Gasteiger partial charge in [0.25, 0.3) is 0 Å². The number of aromatic nitrogens is 4. The van der Waals surface area contributed by atoms with Crippen LogP contribution in [0.15, 0.2) is 194 Å². The summed E-state index contributed by atoms with van der Waals surface area (Å²) in [4.78, 5) is 16.1. The molecular weight excluding hydrogens is 729 g/mol. The highest BCUT2D eigenvalue weighted by molar-refractivity contribution is 6.17. The van der Waals surface area contributed by atoms with E-state index in [0.29, 0.717) is 17.6 Å². The lowest BCUT2D eigenvalue weighted by atomic mass is 9.82. The molecule has 0 radical (unpaired) electrons. The van der Waals surface area contributed by atoms with Crippen LogP contribution in [0.5, 0.6) is 0 Å². The summed E-state index contributed by atoms with van der Waals surface area (Å²) in [7, 11) is 0. The molecule has 0 saturated heterocycles. The molecule has 12 rings (SSSR count). The zero-order valence-corrected chi connectivity index (χ0v) is 33.3. The van der Waals surface area contributed by atoms with Gasteiger partial charge in [-0.3, -0.25) is 4.57 Å². The van der Waals surface area contributed by atoms with Gasteiger partial charge in [0.05, 0.1) is 11.0 Å². The summed E-state index contributed by atoms with van der Waals surface area (Å²) < 4.78 is 2.30. The number of nitrogens with zero attached hydrogens (tertiary/aromatic N) is 4. The Morgan fingerprint density at radius 3 is 1.75 bits per heavy atom. The number of rotatable bonds is 5. The second-order valence-corrected chi connectivity index (χ2v) is 16.4. The van der Waals surface area contributed by atoms with E-state index in [1.807, 2.05) is 6.07 Å². The van der Waals surface area contributed by atoms with Gasteiger partial charge in [0.2, 0.25) is 5.95 Å². The van der Waals surface area contributed by atoms with Gasteiger partial charge >= 0.3 is 0 Å². The van der Waals surface area contributed by atoms with Crippen LogP contribution in [0, 0.1) is 0 Å². The summed E-state index contributed by atoms with van der Waals surface area (Å²) in [5, 5.41) is 6.96. The summed E-state index contributed by atoms with van der Waals surface area (Å²) in [6.45, 7) is 4.69. The number of para-hydroxylation sites is 1. The minimum atomic E-state index is -0.131. The maximum Gasteiger partial charge on any atom is 0.238 e. The van der Waals surface area contributed by atoms with Gasteiger partial charge < -0.3 is 0 Å². The van der Waals surface area contributed by atoms with Crippen molar-refractivity contribution in [3.63, 3.8) is 0 Å². The Bertz CT molecular complexity index is 3510.